The Morgan fingerprint density at radius 3 is 2.72 bits per heavy atom. The van der Waals surface area contributed by atoms with Gasteiger partial charge in [0.25, 0.3) is 5.91 Å². The van der Waals surface area contributed by atoms with Crippen molar-refractivity contribution in [2.45, 2.75) is 37.8 Å². The highest BCUT2D eigenvalue weighted by molar-refractivity contribution is 6.05. The van der Waals surface area contributed by atoms with Gasteiger partial charge in [0.2, 0.25) is 17.7 Å². The number of hydrogen-bond acceptors (Lipinski definition) is 6. The van der Waals surface area contributed by atoms with E-state index in [0.717, 1.165) is 6.20 Å². The largest absolute Gasteiger partial charge is 0.470 e. The predicted octanol–water partition coefficient (Wildman–Crippen LogP) is 2.18. The summed E-state index contributed by atoms with van der Waals surface area (Å²) in [6, 6.07) is 3.98. The average Bonchev–Trinajstić information content (AvgIpc) is 3.08. The summed E-state index contributed by atoms with van der Waals surface area (Å²) in [5.41, 5.74) is 1.70. The van der Waals surface area contributed by atoms with Gasteiger partial charge in [-0.15, -0.1) is 0 Å². The molecular formula is C20H16F4N4O4. The lowest BCUT2D eigenvalue weighted by Gasteiger charge is -2.29. The summed E-state index contributed by atoms with van der Waals surface area (Å²) >= 11 is 0. The van der Waals surface area contributed by atoms with Crippen LogP contribution in [0.15, 0.2) is 30.6 Å². The first-order valence-corrected chi connectivity index (χ1v) is 9.54. The van der Waals surface area contributed by atoms with Crippen LogP contribution in [0.3, 0.4) is 0 Å². The molecule has 1 unspecified atom stereocenters. The Labute approximate surface area is 178 Å². The van der Waals surface area contributed by atoms with Gasteiger partial charge in [-0.25, -0.2) is 13.8 Å². The van der Waals surface area contributed by atoms with Gasteiger partial charge in [0, 0.05) is 24.1 Å². The first-order valence-electron chi connectivity index (χ1n) is 9.54. The Kier molecular flexibility index (Phi) is 5.53. The molecule has 2 aliphatic rings. The van der Waals surface area contributed by atoms with Crippen molar-refractivity contribution in [3.8, 4) is 17.1 Å². The Balaban J connectivity index is 1.52. The first kappa shape index (κ1) is 21.7. The number of imide groups is 1. The van der Waals surface area contributed by atoms with Gasteiger partial charge in [-0.2, -0.15) is 8.78 Å². The third kappa shape index (κ3) is 4.12. The van der Waals surface area contributed by atoms with Gasteiger partial charge in [0.15, 0.2) is 6.61 Å². The third-order valence-electron chi connectivity index (χ3n) is 5.16. The van der Waals surface area contributed by atoms with Gasteiger partial charge in [0.05, 0.1) is 18.1 Å². The number of nitrogens with zero attached hydrogens (tertiary/aromatic N) is 3. The van der Waals surface area contributed by atoms with E-state index in [4.69, 9.17) is 0 Å². The number of ether oxygens (including phenoxy) is 1. The number of nitrogens with one attached hydrogen (secondary N) is 1. The van der Waals surface area contributed by atoms with E-state index in [-0.39, 0.29) is 42.8 Å². The average molecular weight is 452 g/mol. The lowest BCUT2D eigenvalue weighted by atomic mass is 10.0. The maximum atomic E-state index is 13.1. The molecule has 8 nitrogen and oxygen atoms in total. The van der Waals surface area contributed by atoms with Gasteiger partial charge >= 0.3 is 12.3 Å². The SMILES string of the molecule is O=C1CCC(N2Cc3cc(-c4cncc(OCC(F)(F)C(F)F)n4)ccc3C2=O)C(=O)N1. The number of hydrogen-bond donors (Lipinski definition) is 1. The molecule has 168 valence electrons. The Morgan fingerprint density at radius 2 is 2.00 bits per heavy atom. The second kappa shape index (κ2) is 8.17. The second-order valence-electron chi connectivity index (χ2n) is 7.36. The number of alkyl halides is 4. The Morgan fingerprint density at radius 1 is 1.22 bits per heavy atom. The zero-order valence-electron chi connectivity index (χ0n) is 16.4. The van der Waals surface area contributed by atoms with E-state index < -0.39 is 30.9 Å². The predicted molar refractivity (Wildman–Crippen MR) is 100.0 cm³/mol. The molecule has 2 aliphatic heterocycles. The molecule has 3 amide bonds. The number of fused-ring (bicyclic) bond motifs is 1. The van der Waals surface area contributed by atoms with Crippen molar-refractivity contribution >= 4 is 17.7 Å². The van der Waals surface area contributed by atoms with Gasteiger partial charge in [-0.1, -0.05) is 6.07 Å². The number of amides is 3. The molecular weight excluding hydrogens is 436 g/mol. The van der Waals surface area contributed by atoms with Crippen molar-refractivity contribution in [3.05, 3.63) is 41.7 Å². The van der Waals surface area contributed by atoms with E-state index in [1.807, 2.05) is 0 Å². The minimum Gasteiger partial charge on any atom is -0.470 e. The van der Waals surface area contributed by atoms with Crippen molar-refractivity contribution < 1.29 is 36.7 Å². The van der Waals surface area contributed by atoms with Crippen molar-refractivity contribution in [1.29, 1.82) is 0 Å². The molecule has 1 N–H and O–H groups in total. The quantitative estimate of drug-likeness (QED) is 0.533. The van der Waals surface area contributed by atoms with E-state index in [0.29, 0.717) is 16.7 Å². The lowest BCUT2D eigenvalue weighted by molar-refractivity contribution is -0.148. The van der Waals surface area contributed by atoms with Crippen LogP contribution < -0.4 is 10.1 Å². The third-order valence-corrected chi connectivity index (χ3v) is 5.16. The Bertz CT molecular complexity index is 1100. The molecule has 4 rings (SSSR count). The highest BCUT2D eigenvalue weighted by Crippen LogP contribution is 2.31. The second-order valence-corrected chi connectivity index (χ2v) is 7.36. The summed E-state index contributed by atoms with van der Waals surface area (Å²) in [6.45, 7) is -1.42. The number of piperidine rings is 1. The van der Waals surface area contributed by atoms with Crippen molar-refractivity contribution in [2.75, 3.05) is 6.61 Å². The molecule has 3 heterocycles. The minimum absolute atomic E-state index is 0.134. The van der Waals surface area contributed by atoms with Crippen molar-refractivity contribution in [1.82, 2.24) is 20.2 Å². The smallest absolute Gasteiger partial charge is 0.340 e. The summed E-state index contributed by atoms with van der Waals surface area (Å²) < 4.78 is 55.4. The summed E-state index contributed by atoms with van der Waals surface area (Å²) in [4.78, 5) is 45.5. The van der Waals surface area contributed by atoms with Gasteiger partial charge in [-0.05, 0) is 24.1 Å². The van der Waals surface area contributed by atoms with Crippen LogP contribution in [0.1, 0.15) is 28.8 Å². The van der Waals surface area contributed by atoms with Crippen LogP contribution in [-0.2, 0) is 16.1 Å². The van der Waals surface area contributed by atoms with Gasteiger partial charge in [0.1, 0.15) is 6.04 Å². The van der Waals surface area contributed by atoms with Gasteiger partial charge in [-0.3, -0.25) is 24.7 Å². The van der Waals surface area contributed by atoms with Crippen LogP contribution in [0.25, 0.3) is 11.3 Å². The zero-order chi connectivity index (χ0) is 23.0. The van der Waals surface area contributed by atoms with Crippen LogP contribution in [0, 0.1) is 0 Å². The first-order chi connectivity index (χ1) is 15.2. The van der Waals surface area contributed by atoms with Crippen LogP contribution >= 0.6 is 0 Å². The fraction of sp³-hybridized carbons (Fsp3) is 0.350. The van der Waals surface area contributed by atoms with Crippen molar-refractivity contribution in [3.63, 3.8) is 0 Å². The molecule has 1 atom stereocenters. The molecule has 1 aromatic carbocycles. The van der Waals surface area contributed by atoms with Gasteiger partial charge < -0.3 is 9.64 Å². The molecule has 12 heteroatoms. The summed E-state index contributed by atoms with van der Waals surface area (Å²) in [5.74, 6) is -5.95. The zero-order valence-corrected chi connectivity index (χ0v) is 16.4. The number of halogens is 4. The fourth-order valence-electron chi connectivity index (χ4n) is 3.52. The molecule has 0 saturated carbocycles. The van der Waals surface area contributed by atoms with Crippen LogP contribution in [-0.4, -0.2) is 57.6 Å². The Hall–Kier alpha value is -3.57. The highest BCUT2D eigenvalue weighted by Gasteiger charge is 2.42. The normalized spacial score (nSPS) is 18.7. The number of carbonyl (C=O) groups is 3. The molecule has 1 fully saturated rings. The molecule has 0 spiro atoms. The standard InChI is InChI=1S/C20H16F4N4O4/c21-19(22)20(23,24)9-32-16-7-25-6-13(26-16)10-1-2-12-11(5-10)8-28(18(12)31)14-3-4-15(29)27-17(14)30/h1-2,5-7,14,19H,3-4,8-9H2,(H,27,29,30). The summed E-state index contributed by atoms with van der Waals surface area (Å²) in [6.07, 6.45) is -1.17. The molecule has 1 aromatic heterocycles. The topological polar surface area (TPSA) is 101 Å². The molecule has 32 heavy (non-hydrogen) atoms. The maximum Gasteiger partial charge on any atom is 0.340 e. The molecule has 2 aromatic rings. The molecule has 1 saturated heterocycles. The number of carbonyl (C=O) groups excluding carboxylic acids is 3. The van der Waals surface area contributed by atoms with Crippen molar-refractivity contribution in [2.24, 2.45) is 0 Å². The molecule has 0 bridgehead atoms. The monoisotopic (exact) mass is 452 g/mol. The number of rotatable bonds is 6. The fourth-order valence-corrected chi connectivity index (χ4v) is 3.52. The minimum atomic E-state index is -4.33. The highest BCUT2D eigenvalue weighted by atomic mass is 19.3. The molecule has 0 aliphatic carbocycles. The number of benzene rings is 1. The van der Waals surface area contributed by atoms with E-state index in [2.05, 4.69) is 20.0 Å². The van der Waals surface area contributed by atoms with E-state index in [1.54, 1.807) is 18.2 Å². The van der Waals surface area contributed by atoms with E-state index in [9.17, 15) is 31.9 Å². The maximum absolute atomic E-state index is 13.1. The van der Waals surface area contributed by atoms with Crippen LogP contribution in [0.2, 0.25) is 0 Å². The lowest BCUT2D eigenvalue weighted by Crippen LogP contribution is -2.52. The van der Waals surface area contributed by atoms with E-state index in [1.165, 1.54) is 11.1 Å². The van der Waals surface area contributed by atoms with Crippen LogP contribution in [0.5, 0.6) is 5.88 Å². The van der Waals surface area contributed by atoms with E-state index >= 15 is 0 Å². The number of aromatic nitrogens is 2. The summed E-state index contributed by atoms with van der Waals surface area (Å²) in [5, 5.41) is 2.22. The van der Waals surface area contributed by atoms with Crippen LogP contribution in [0.4, 0.5) is 17.6 Å². The molecule has 0 radical (unpaired) electrons. The summed E-state index contributed by atoms with van der Waals surface area (Å²) in [7, 11) is 0.